The number of fused-ring (bicyclic) bond motifs is 2. The summed E-state index contributed by atoms with van der Waals surface area (Å²) in [5.41, 5.74) is 5.44. The van der Waals surface area contributed by atoms with E-state index in [9.17, 15) is 9.90 Å². The van der Waals surface area contributed by atoms with Gasteiger partial charge in [-0.25, -0.2) is 0 Å². The Morgan fingerprint density at radius 3 is 2.88 bits per heavy atom. The van der Waals surface area contributed by atoms with Gasteiger partial charge in [-0.1, -0.05) is 25.1 Å². The van der Waals surface area contributed by atoms with Gasteiger partial charge >= 0.3 is 0 Å². The molecule has 2 heterocycles. The quantitative estimate of drug-likeness (QED) is 0.865. The van der Waals surface area contributed by atoms with Gasteiger partial charge in [0.2, 0.25) is 5.91 Å². The molecule has 1 aliphatic carbocycles. The van der Waals surface area contributed by atoms with Gasteiger partial charge in [-0.3, -0.25) is 9.69 Å². The molecule has 0 fully saturated rings. The second-order valence-electron chi connectivity index (χ2n) is 8.03. The van der Waals surface area contributed by atoms with Gasteiger partial charge in [-0.15, -0.1) is 0 Å². The highest BCUT2D eigenvalue weighted by Gasteiger charge is 2.42. The summed E-state index contributed by atoms with van der Waals surface area (Å²) in [5, 5.41) is 12.4. The molecule has 0 bridgehead atoms. The fraction of sp³-hybridized carbons (Fsp3) is 0.571. The first-order valence-corrected chi connectivity index (χ1v) is 9.71. The van der Waals surface area contributed by atoms with Crippen LogP contribution in [0.25, 0.3) is 5.57 Å². The van der Waals surface area contributed by atoms with Crippen LogP contribution in [0.4, 0.5) is 5.69 Å². The maximum absolute atomic E-state index is 12.8. The van der Waals surface area contributed by atoms with Crippen molar-refractivity contribution in [2.75, 3.05) is 38.7 Å². The maximum atomic E-state index is 12.8. The lowest BCUT2D eigenvalue weighted by Gasteiger charge is -2.42. The van der Waals surface area contributed by atoms with Gasteiger partial charge in [0.1, 0.15) is 0 Å². The van der Waals surface area contributed by atoms with Gasteiger partial charge < -0.3 is 15.3 Å². The summed E-state index contributed by atoms with van der Waals surface area (Å²) < 4.78 is 0. The van der Waals surface area contributed by atoms with Crippen LogP contribution in [-0.4, -0.2) is 61.8 Å². The summed E-state index contributed by atoms with van der Waals surface area (Å²) in [6.45, 7) is 3.79. The number of nitrogens with zero attached hydrogens (tertiary/aromatic N) is 2. The topological polar surface area (TPSA) is 55.8 Å². The minimum absolute atomic E-state index is 0.00972. The van der Waals surface area contributed by atoms with Crippen LogP contribution in [0.2, 0.25) is 0 Å². The molecule has 1 amide bonds. The molecule has 3 aliphatic rings. The Hall–Kier alpha value is -1.85. The molecule has 4 rings (SSSR count). The van der Waals surface area contributed by atoms with Crippen LogP contribution in [0.3, 0.4) is 0 Å². The van der Waals surface area contributed by atoms with Crippen LogP contribution in [0.5, 0.6) is 0 Å². The zero-order valence-corrected chi connectivity index (χ0v) is 15.9. The third-order valence-corrected chi connectivity index (χ3v) is 6.37. The van der Waals surface area contributed by atoms with E-state index in [1.54, 1.807) is 0 Å². The summed E-state index contributed by atoms with van der Waals surface area (Å²) in [6, 6.07) is 6.80. The predicted octanol–water partition coefficient (Wildman–Crippen LogP) is 1.82. The Balaban J connectivity index is 1.69. The fourth-order valence-corrected chi connectivity index (χ4v) is 4.92. The molecule has 1 aromatic rings. The van der Waals surface area contributed by atoms with Gasteiger partial charge in [0.25, 0.3) is 0 Å². The smallest absolute Gasteiger partial charge is 0.228 e. The van der Waals surface area contributed by atoms with Crippen molar-refractivity contribution >= 4 is 17.2 Å². The van der Waals surface area contributed by atoms with E-state index in [0.717, 1.165) is 25.9 Å². The Morgan fingerprint density at radius 1 is 1.35 bits per heavy atom. The molecule has 4 atom stereocenters. The number of benzene rings is 1. The number of nitrogens with one attached hydrogen (secondary N) is 1. The maximum Gasteiger partial charge on any atom is 0.228 e. The Bertz CT molecular complexity index is 741. The van der Waals surface area contributed by atoms with E-state index in [2.05, 4.69) is 53.5 Å². The molecule has 140 valence electrons. The van der Waals surface area contributed by atoms with Crippen molar-refractivity contribution in [1.29, 1.82) is 0 Å². The van der Waals surface area contributed by atoms with Gasteiger partial charge in [-0.05, 0) is 42.7 Å². The van der Waals surface area contributed by atoms with Crippen LogP contribution in [0, 0.1) is 5.92 Å². The highest BCUT2D eigenvalue weighted by molar-refractivity contribution is 5.87. The second kappa shape index (κ2) is 6.71. The van der Waals surface area contributed by atoms with Gasteiger partial charge in [-0.2, -0.15) is 0 Å². The molecule has 5 nitrogen and oxygen atoms in total. The van der Waals surface area contributed by atoms with E-state index in [1.807, 2.05) is 6.92 Å². The van der Waals surface area contributed by atoms with Crippen LogP contribution in [-0.2, 0) is 4.79 Å². The lowest BCUT2D eigenvalue weighted by atomic mass is 9.74. The molecule has 1 aromatic carbocycles. The third-order valence-electron chi connectivity index (χ3n) is 6.37. The molecule has 0 radical (unpaired) electrons. The van der Waals surface area contributed by atoms with Crippen molar-refractivity contribution in [2.24, 2.45) is 5.92 Å². The highest BCUT2D eigenvalue weighted by Crippen LogP contribution is 2.49. The monoisotopic (exact) mass is 355 g/mol. The number of carbonyl (C=O) groups is 1. The molecule has 0 spiro atoms. The zero-order valence-electron chi connectivity index (χ0n) is 15.9. The molecule has 0 saturated carbocycles. The van der Waals surface area contributed by atoms with E-state index in [0.29, 0.717) is 12.0 Å². The minimum Gasteiger partial charge on any atom is -0.394 e. The van der Waals surface area contributed by atoms with Gasteiger partial charge in [0.15, 0.2) is 0 Å². The van der Waals surface area contributed by atoms with Crippen molar-refractivity contribution in [2.45, 2.75) is 37.8 Å². The molecule has 5 heteroatoms. The Morgan fingerprint density at radius 2 is 2.15 bits per heavy atom. The SMILES string of the molecule is CC[C@@H](CO)NC(=O)[C@@H]1C=C2c3cccc4c3C(C[C@H]2N(C)C1)CN4C. The number of rotatable bonds is 4. The molecule has 2 aliphatic heterocycles. The zero-order chi connectivity index (χ0) is 18.4. The van der Waals surface area contributed by atoms with Gasteiger partial charge in [0, 0.05) is 37.8 Å². The highest BCUT2D eigenvalue weighted by atomic mass is 16.3. The molecule has 26 heavy (non-hydrogen) atoms. The third kappa shape index (κ3) is 2.74. The molecule has 1 unspecified atom stereocenters. The standard InChI is InChI=1S/C21H29N3O2/c1-4-15(12-25)22-21(26)14-8-17-16-6-5-7-18-20(16)13(10-23(18)2)9-19(17)24(3)11-14/h5-8,13-15,19,25H,4,9-12H2,1-3H3,(H,22,26)/t13?,14-,15+,19-/m1/s1. The van der Waals surface area contributed by atoms with Crippen molar-refractivity contribution in [3.05, 3.63) is 35.4 Å². The first-order chi connectivity index (χ1) is 12.5. The summed E-state index contributed by atoms with van der Waals surface area (Å²) >= 11 is 0. The minimum atomic E-state index is -0.168. The molecule has 0 saturated heterocycles. The van der Waals surface area contributed by atoms with E-state index in [1.165, 1.54) is 22.4 Å². The van der Waals surface area contributed by atoms with Crippen molar-refractivity contribution in [1.82, 2.24) is 10.2 Å². The number of aliphatic hydroxyl groups excluding tert-OH is 1. The first-order valence-electron chi connectivity index (χ1n) is 9.71. The summed E-state index contributed by atoms with van der Waals surface area (Å²) in [5.74, 6) is 0.439. The number of hydrogen-bond acceptors (Lipinski definition) is 4. The molecular weight excluding hydrogens is 326 g/mol. The summed E-state index contributed by atoms with van der Waals surface area (Å²) in [6.07, 6.45) is 4.05. The Labute approximate surface area is 155 Å². The largest absolute Gasteiger partial charge is 0.394 e. The number of aliphatic hydroxyl groups is 1. The van der Waals surface area contributed by atoms with Crippen LogP contribution in [0.15, 0.2) is 24.3 Å². The van der Waals surface area contributed by atoms with E-state index in [4.69, 9.17) is 0 Å². The molecular formula is C21H29N3O2. The van der Waals surface area contributed by atoms with E-state index < -0.39 is 0 Å². The van der Waals surface area contributed by atoms with Gasteiger partial charge in [0.05, 0.1) is 18.6 Å². The van der Waals surface area contributed by atoms with Crippen molar-refractivity contribution in [3.8, 4) is 0 Å². The lowest BCUT2D eigenvalue weighted by molar-refractivity contribution is -0.125. The first kappa shape index (κ1) is 17.6. The van der Waals surface area contributed by atoms with Crippen LogP contribution < -0.4 is 10.2 Å². The Kier molecular flexibility index (Phi) is 4.53. The molecule has 2 N–H and O–H groups in total. The van der Waals surface area contributed by atoms with Crippen molar-refractivity contribution in [3.63, 3.8) is 0 Å². The number of anilines is 1. The van der Waals surface area contributed by atoms with Crippen LogP contribution >= 0.6 is 0 Å². The number of likely N-dealkylation sites (N-methyl/N-ethyl adjacent to an activating group) is 2. The normalized spacial score (nSPS) is 28.2. The number of hydrogen-bond donors (Lipinski definition) is 2. The predicted molar refractivity (Wildman–Crippen MR) is 104 cm³/mol. The number of amides is 1. The molecule has 0 aromatic heterocycles. The number of carbonyl (C=O) groups excluding carboxylic acids is 1. The second-order valence-corrected chi connectivity index (χ2v) is 8.03. The lowest BCUT2D eigenvalue weighted by Crippen LogP contribution is -2.48. The average molecular weight is 355 g/mol. The average Bonchev–Trinajstić information content (AvgIpc) is 2.97. The van der Waals surface area contributed by atoms with E-state index in [-0.39, 0.29) is 24.5 Å². The summed E-state index contributed by atoms with van der Waals surface area (Å²) in [7, 11) is 4.31. The summed E-state index contributed by atoms with van der Waals surface area (Å²) in [4.78, 5) is 17.5. The van der Waals surface area contributed by atoms with Crippen molar-refractivity contribution < 1.29 is 9.90 Å². The fourth-order valence-electron chi connectivity index (χ4n) is 4.92. The van der Waals surface area contributed by atoms with Crippen LogP contribution in [0.1, 0.15) is 36.8 Å². The van der Waals surface area contributed by atoms with E-state index >= 15 is 0 Å².